The first kappa shape index (κ1) is 22.8. The Morgan fingerprint density at radius 3 is 2.53 bits per heavy atom. The van der Waals surface area contributed by atoms with Crippen molar-refractivity contribution in [3.63, 3.8) is 0 Å². The summed E-state index contributed by atoms with van der Waals surface area (Å²) in [4.78, 5) is 22.7. The van der Waals surface area contributed by atoms with Crippen molar-refractivity contribution in [2.45, 2.75) is 6.61 Å². The van der Waals surface area contributed by atoms with E-state index in [4.69, 9.17) is 27.9 Å². The van der Waals surface area contributed by atoms with Crippen LogP contribution in [0.5, 0.6) is 5.75 Å². The molecule has 0 spiro atoms. The Labute approximate surface area is 193 Å². The molecule has 0 aliphatic rings. The maximum atomic E-state index is 12.4. The van der Waals surface area contributed by atoms with Crippen molar-refractivity contribution in [2.75, 3.05) is 5.32 Å². The number of carbonyl (C=O) groups excluding carboxylic acids is 1. The molecule has 0 bridgehead atoms. The minimum atomic E-state index is -0.702. The highest BCUT2D eigenvalue weighted by Gasteiger charge is 2.13. The zero-order valence-corrected chi connectivity index (χ0v) is 17.9. The number of hydrogen-bond donors (Lipinski definition) is 1. The summed E-state index contributed by atoms with van der Waals surface area (Å²) in [6, 6.07) is 19.3. The van der Waals surface area contributed by atoms with Gasteiger partial charge in [0.05, 0.1) is 9.95 Å². The average Bonchev–Trinajstić information content (AvgIpc) is 2.78. The van der Waals surface area contributed by atoms with E-state index in [1.54, 1.807) is 30.3 Å². The van der Waals surface area contributed by atoms with Gasteiger partial charge in [-0.2, -0.15) is 5.26 Å². The summed E-state index contributed by atoms with van der Waals surface area (Å²) in [6.45, 7) is 0.293. The van der Waals surface area contributed by atoms with Crippen molar-refractivity contribution >= 4 is 46.6 Å². The molecule has 160 valence electrons. The average molecular weight is 468 g/mol. The van der Waals surface area contributed by atoms with Crippen LogP contribution in [0.1, 0.15) is 11.1 Å². The molecular weight excluding hydrogens is 453 g/mol. The second-order valence-electron chi connectivity index (χ2n) is 6.54. The topological polar surface area (TPSA) is 105 Å². The fourth-order valence-corrected chi connectivity index (χ4v) is 3.05. The lowest BCUT2D eigenvalue weighted by molar-refractivity contribution is -0.384. The van der Waals surface area contributed by atoms with Crippen LogP contribution < -0.4 is 10.1 Å². The number of hydrogen-bond acceptors (Lipinski definition) is 5. The number of benzene rings is 3. The van der Waals surface area contributed by atoms with Crippen LogP contribution in [0.4, 0.5) is 11.4 Å². The normalized spacial score (nSPS) is 10.8. The molecular formula is C23H15Cl2N3O4. The molecule has 0 fully saturated rings. The van der Waals surface area contributed by atoms with Crippen molar-refractivity contribution in [1.29, 1.82) is 5.26 Å². The Balaban J connectivity index is 1.71. The van der Waals surface area contributed by atoms with Gasteiger partial charge in [0, 0.05) is 22.8 Å². The van der Waals surface area contributed by atoms with Crippen LogP contribution in [0.2, 0.25) is 10.0 Å². The van der Waals surface area contributed by atoms with Gasteiger partial charge in [0.2, 0.25) is 0 Å². The lowest BCUT2D eigenvalue weighted by atomic mass is 10.1. The third-order valence-electron chi connectivity index (χ3n) is 4.25. The third-order valence-corrected chi connectivity index (χ3v) is 4.80. The number of halogens is 2. The molecule has 3 aromatic carbocycles. The van der Waals surface area contributed by atoms with Crippen molar-refractivity contribution in [2.24, 2.45) is 0 Å². The molecule has 1 amide bonds. The molecule has 0 heterocycles. The van der Waals surface area contributed by atoms with E-state index in [9.17, 15) is 20.2 Å². The number of ether oxygens (including phenoxy) is 1. The van der Waals surface area contributed by atoms with Crippen LogP contribution in [0.25, 0.3) is 6.08 Å². The summed E-state index contributed by atoms with van der Waals surface area (Å²) in [5.41, 5.74) is 1.27. The fourth-order valence-electron chi connectivity index (χ4n) is 2.68. The second kappa shape index (κ2) is 10.4. The SMILES string of the molecule is N#C/C(=C\c1ccc(OCc2ccc(Cl)cc2)c(Cl)c1)C(=O)Nc1cccc([N+](=O)[O-])c1. The first-order valence-corrected chi connectivity index (χ1v) is 9.95. The zero-order valence-electron chi connectivity index (χ0n) is 16.4. The number of nitro benzene ring substituents is 1. The van der Waals surface area contributed by atoms with E-state index in [0.717, 1.165) is 5.56 Å². The Kier molecular flexibility index (Phi) is 7.45. The molecule has 0 saturated carbocycles. The standard InChI is InChI=1S/C23H15Cl2N3O4/c24-18-7-4-15(5-8-18)14-32-22-9-6-16(11-21(22)25)10-17(13-26)23(29)27-19-2-1-3-20(12-19)28(30)31/h1-12H,14H2,(H,27,29)/b17-10+. The minimum absolute atomic E-state index is 0.175. The fraction of sp³-hybridized carbons (Fsp3) is 0.0435. The predicted octanol–water partition coefficient (Wildman–Crippen LogP) is 6.03. The smallest absolute Gasteiger partial charge is 0.271 e. The maximum Gasteiger partial charge on any atom is 0.271 e. The van der Waals surface area contributed by atoms with Gasteiger partial charge in [-0.3, -0.25) is 14.9 Å². The number of anilines is 1. The summed E-state index contributed by atoms with van der Waals surface area (Å²) in [7, 11) is 0. The molecule has 0 saturated heterocycles. The van der Waals surface area contributed by atoms with Crippen molar-refractivity contribution < 1.29 is 14.5 Å². The predicted molar refractivity (Wildman–Crippen MR) is 123 cm³/mol. The molecule has 3 rings (SSSR count). The summed E-state index contributed by atoms with van der Waals surface area (Å²) in [5, 5.41) is 23.7. The first-order valence-electron chi connectivity index (χ1n) is 9.20. The molecule has 0 atom stereocenters. The number of amides is 1. The van der Waals surface area contributed by atoms with Crippen LogP contribution in [-0.2, 0) is 11.4 Å². The summed E-state index contributed by atoms with van der Waals surface area (Å²) in [6.07, 6.45) is 1.36. The van der Waals surface area contributed by atoms with Crippen molar-refractivity contribution in [3.8, 4) is 11.8 Å². The van der Waals surface area contributed by atoms with Crippen LogP contribution in [0.15, 0.2) is 72.3 Å². The Bertz CT molecular complexity index is 1230. The third kappa shape index (κ3) is 6.08. The van der Waals surface area contributed by atoms with Gasteiger partial charge in [-0.05, 0) is 47.5 Å². The molecule has 32 heavy (non-hydrogen) atoms. The van der Waals surface area contributed by atoms with Gasteiger partial charge in [-0.25, -0.2) is 0 Å². The van der Waals surface area contributed by atoms with E-state index in [0.29, 0.717) is 28.0 Å². The number of non-ortho nitro benzene ring substituents is 1. The van der Waals surface area contributed by atoms with Gasteiger partial charge in [0.25, 0.3) is 11.6 Å². The second-order valence-corrected chi connectivity index (χ2v) is 7.38. The molecule has 0 radical (unpaired) electrons. The van der Waals surface area contributed by atoms with Crippen molar-refractivity contribution in [1.82, 2.24) is 0 Å². The van der Waals surface area contributed by atoms with Gasteiger partial charge in [-0.15, -0.1) is 0 Å². The van der Waals surface area contributed by atoms with Gasteiger partial charge >= 0.3 is 0 Å². The Morgan fingerprint density at radius 1 is 1.12 bits per heavy atom. The number of carbonyl (C=O) groups is 1. The minimum Gasteiger partial charge on any atom is -0.487 e. The van der Waals surface area contributed by atoms with Gasteiger partial charge in [0.15, 0.2) is 0 Å². The monoisotopic (exact) mass is 467 g/mol. The lowest BCUT2D eigenvalue weighted by Gasteiger charge is -2.09. The number of nitriles is 1. The van der Waals surface area contributed by atoms with Gasteiger partial charge < -0.3 is 10.1 Å². The van der Waals surface area contributed by atoms with Gasteiger partial charge in [0.1, 0.15) is 24.0 Å². The highest BCUT2D eigenvalue weighted by Crippen LogP contribution is 2.27. The molecule has 0 unspecified atom stereocenters. The molecule has 7 nitrogen and oxygen atoms in total. The number of nitro groups is 1. The Hall–Kier alpha value is -3.86. The first-order chi connectivity index (χ1) is 15.4. The van der Waals surface area contributed by atoms with E-state index < -0.39 is 10.8 Å². The summed E-state index contributed by atoms with van der Waals surface area (Å²) < 4.78 is 5.71. The van der Waals surface area contributed by atoms with Crippen LogP contribution in [0, 0.1) is 21.4 Å². The lowest BCUT2D eigenvalue weighted by Crippen LogP contribution is -2.13. The number of nitrogens with one attached hydrogen (secondary N) is 1. The van der Waals surface area contributed by atoms with E-state index >= 15 is 0 Å². The molecule has 0 aliphatic heterocycles. The van der Waals surface area contributed by atoms with Crippen LogP contribution >= 0.6 is 23.2 Å². The van der Waals surface area contributed by atoms with E-state index in [1.807, 2.05) is 18.2 Å². The highest BCUT2D eigenvalue weighted by molar-refractivity contribution is 6.32. The van der Waals surface area contributed by atoms with Crippen LogP contribution in [-0.4, -0.2) is 10.8 Å². The number of rotatable bonds is 7. The van der Waals surface area contributed by atoms with E-state index in [1.165, 1.54) is 30.3 Å². The summed E-state index contributed by atoms with van der Waals surface area (Å²) in [5.74, 6) is -0.259. The number of nitrogens with zero attached hydrogens (tertiary/aromatic N) is 2. The van der Waals surface area contributed by atoms with Gasteiger partial charge in [-0.1, -0.05) is 47.5 Å². The molecule has 0 aromatic heterocycles. The highest BCUT2D eigenvalue weighted by atomic mass is 35.5. The molecule has 1 N–H and O–H groups in total. The molecule has 3 aromatic rings. The van der Waals surface area contributed by atoms with E-state index in [2.05, 4.69) is 5.32 Å². The Morgan fingerprint density at radius 2 is 1.88 bits per heavy atom. The maximum absolute atomic E-state index is 12.4. The summed E-state index contributed by atoms with van der Waals surface area (Å²) >= 11 is 12.1. The van der Waals surface area contributed by atoms with E-state index in [-0.39, 0.29) is 16.9 Å². The molecule has 0 aliphatic carbocycles. The van der Waals surface area contributed by atoms with Crippen LogP contribution in [0.3, 0.4) is 0 Å². The quantitative estimate of drug-likeness (QED) is 0.197. The zero-order chi connectivity index (χ0) is 23.1. The largest absolute Gasteiger partial charge is 0.487 e. The van der Waals surface area contributed by atoms with Crippen molar-refractivity contribution in [3.05, 3.63) is 104 Å². The molecule has 9 heteroatoms.